The van der Waals surface area contributed by atoms with Gasteiger partial charge in [0.25, 0.3) is 0 Å². The molecule has 3 rings (SSSR count). The summed E-state index contributed by atoms with van der Waals surface area (Å²) in [6, 6.07) is 11.6. The Hall–Kier alpha value is -0.700. The molecule has 0 saturated carbocycles. The Bertz CT molecular complexity index is 781. The number of nitrogens with zero attached hydrogens (tertiary/aromatic N) is 1. The van der Waals surface area contributed by atoms with E-state index in [-0.39, 0.29) is 10.1 Å². The minimum absolute atomic E-state index is 0.151. The molecule has 0 amide bonds. The Balaban J connectivity index is 1.84. The fraction of sp³-hybridized carbons (Fsp3) is 0.333. The second-order valence-electron chi connectivity index (χ2n) is 5.22. The molecule has 1 fully saturated rings. The van der Waals surface area contributed by atoms with Crippen LogP contribution in [0, 0.1) is 0 Å². The molecule has 3 unspecified atom stereocenters. The molecule has 1 N–H and O–H groups in total. The maximum atomic E-state index is 12.1. The van der Waals surface area contributed by atoms with E-state index in [0.29, 0.717) is 6.61 Å². The third-order valence-electron chi connectivity index (χ3n) is 3.60. The summed E-state index contributed by atoms with van der Waals surface area (Å²) in [6.45, 7) is 0.301. The number of nitrogens with one attached hydrogen (secondary N) is 1. The molecule has 7 nitrogen and oxygen atoms in total. The summed E-state index contributed by atoms with van der Waals surface area (Å²) in [4.78, 5) is 30.7. The van der Waals surface area contributed by atoms with Crippen molar-refractivity contribution < 1.29 is 12.8 Å². The zero-order valence-corrected chi connectivity index (χ0v) is 17.0. The van der Waals surface area contributed by atoms with Crippen LogP contribution in [0.15, 0.2) is 52.2 Å². The van der Waals surface area contributed by atoms with Gasteiger partial charge in [0, 0.05) is 0 Å². The van der Waals surface area contributed by atoms with Crippen LogP contribution in [0.2, 0.25) is 3.97 Å². The first kappa shape index (κ1) is 18.1. The molecule has 24 heavy (non-hydrogen) atoms. The van der Waals surface area contributed by atoms with Crippen molar-refractivity contribution in [1.29, 1.82) is 0 Å². The molecule has 1 saturated heterocycles. The fourth-order valence-corrected chi connectivity index (χ4v) is 6.40. The van der Waals surface area contributed by atoms with Gasteiger partial charge in [-0.25, -0.2) is 0 Å². The molecule has 2 heterocycles. The summed E-state index contributed by atoms with van der Waals surface area (Å²) in [7, 11) is 0. The second kappa shape index (κ2) is 8.60. The number of aromatic nitrogens is 2. The predicted molar refractivity (Wildman–Crippen MR) is 96.5 cm³/mol. The van der Waals surface area contributed by atoms with Crippen LogP contribution in [0.1, 0.15) is 12.6 Å². The van der Waals surface area contributed by atoms with Crippen LogP contribution < -0.4 is 14.9 Å². The molecule has 1 aromatic carbocycles. The summed E-state index contributed by atoms with van der Waals surface area (Å²) in [6.07, 6.45) is 1.73. The van der Waals surface area contributed by atoms with Gasteiger partial charge < -0.3 is 0 Å². The molecule has 0 radical (unpaired) electrons. The normalized spacial score (nSPS) is 23.5. The average Bonchev–Trinajstić information content (AvgIpc) is 2.96. The summed E-state index contributed by atoms with van der Waals surface area (Å²) in [5.41, 5.74) is -0.867. The van der Waals surface area contributed by atoms with Crippen molar-refractivity contribution in [1.82, 2.24) is 9.55 Å². The number of H-pyrrole nitrogens is 1. The Morgan fingerprint density at radius 2 is 2.08 bits per heavy atom. The zero-order valence-electron chi connectivity index (χ0n) is 12.5. The van der Waals surface area contributed by atoms with E-state index in [2.05, 4.69) is 20.3 Å². The molecule has 0 bridgehead atoms. The van der Waals surface area contributed by atoms with Crippen molar-refractivity contribution in [2.24, 2.45) is 0 Å². The number of hydrogen-bond donors (Lipinski definition) is 1. The maximum absolute atomic E-state index is 12.1. The molecule has 128 valence electrons. The topological polar surface area (TPSA) is 82.5 Å². The van der Waals surface area contributed by atoms with Crippen LogP contribution in [-0.2, 0) is 12.8 Å². The van der Waals surface area contributed by atoms with Gasteiger partial charge in [-0.2, -0.15) is 0 Å². The Morgan fingerprint density at radius 3 is 2.79 bits per heavy atom. The van der Waals surface area contributed by atoms with Crippen LogP contribution in [0.4, 0.5) is 0 Å². The van der Waals surface area contributed by atoms with Crippen molar-refractivity contribution >= 4 is 47.5 Å². The van der Waals surface area contributed by atoms with Crippen LogP contribution in [0.5, 0.6) is 0 Å². The third-order valence-corrected chi connectivity index (χ3v) is 7.49. The first-order valence-electron chi connectivity index (χ1n) is 7.26. The standard InChI is InChI=1S/C15H15IN2O5Te/c16-23-21-9-10-8-12(24-11-4-2-1-3-5-11)14(22-10)18-7-6-13(19)17-15(18)20/h1-7,10,12,14H,8-9H2,(H,17,19,20). The second-order valence-corrected chi connectivity index (χ2v) is 9.32. The monoisotopic (exact) mass is 560 g/mol. The van der Waals surface area contributed by atoms with E-state index in [1.165, 1.54) is 20.4 Å². The zero-order chi connectivity index (χ0) is 16.9. The number of benzene rings is 1. The third kappa shape index (κ3) is 4.47. The fourth-order valence-electron chi connectivity index (χ4n) is 2.58. The van der Waals surface area contributed by atoms with Gasteiger partial charge in [-0.1, -0.05) is 0 Å². The quantitative estimate of drug-likeness (QED) is 0.248. The minimum atomic E-state index is -0.589. The van der Waals surface area contributed by atoms with Crippen LogP contribution >= 0.6 is 23.0 Å². The molecule has 1 aromatic heterocycles. The SMILES string of the molecule is O=c1ccn(C2OC(COOI)CC2[Te]c2ccccc2)c(=O)[nH]1. The average molecular weight is 558 g/mol. The van der Waals surface area contributed by atoms with Gasteiger partial charge in [-0.15, -0.1) is 0 Å². The number of halogens is 1. The van der Waals surface area contributed by atoms with Gasteiger partial charge >= 0.3 is 163 Å². The number of ether oxygens (including phenoxy) is 1. The van der Waals surface area contributed by atoms with Gasteiger partial charge in [-0.3, -0.25) is 0 Å². The van der Waals surface area contributed by atoms with Crippen molar-refractivity contribution in [3.05, 3.63) is 63.4 Å². The molecule has 0 aliphatic carbocycles. The summed E-state index contributed by atoms with van der Waals surface area (Å²) >= 11 is 1.07. The molecule has 3 atom stereocenters. The first-order chi connectivity index (χ1) is 11.7. The number of hydrogen-bond acceptors (Lipinski definition) is 5. The summed E-state index contributed by atoms with van der Waals surface area (Å²) in [5.74, 6) is 0. The van der Waals surface area contributed by atoms with E-state index >= 15 is 0 Å². The van der Waals surface area contributed by atoms with Crippen LogP contribution in [0.3, 0.4) is 0 Å². The van der Waals surface area contributed by atoms with Crippen LogP contribution in [-0.4, -0.2) is 43.2 Å². The van der Waals surface area contributed by atoms with E-state index in [1.807, 2.05) is 18.2 Å². The molecule has 1 aliphatic rings. The van der Waals surface area contributed by atoms with Crippen molar-refractivity contribution in [2.75, 3.05) is 6.61 Å². The Kier molecular flexibility index (Phi) is 6.49. The van der Waals surface area contributed by atoms with E-state index in [1.54, 1.807) is 23.0 Å². The van der Waals surface area contributed by atoms with Gasteiger partial charge in [0.05, 0.1) is 0 Å². The van der Waals surface area contributed by atoms with Crippen molar-refractivity contribution in [3.8, 4) is 0 Å². The van der Waals surface area contributed by atoms with Gasteiger partial charge in [0.2, 0.25) is 0 Å². The number of rotatable bonds is 6. The number of aromatic amines is 1. The van der Waals surface area contributed by atoms with Gasteiger partial charge in [-0.05, 0) is 0 Å². The molecule has 9 heteroatoms. The van der Waals surface area contributed by atoms with Crippen LogP contribution in [0.25, 0.3) is 0 Å². The van der Waals surface area contributed by atoms with Crippen molar-refractivity contribution in [3.63, 3.8) is 0 Å². The molecule has 0 spiro atoms. The molecular weight excluding hydrogens is 543 g/mol. The van der Waals surface area contributed by atoms with Crippen molar-refractivity contribution in [2.45, 2.75) is 22.7 Å². The van der Waals surface area contributed by atoms with Gasteiger partial charge in [0.15, 0.2) is 0 Å². The van der Waals surface area contributed by atoms with E-state index in [0.717, 1.165) is 6.42 Å². The first-order valence-corrected chi connectivity index (χ1v) is 10.7. The summed E-state index contributed by atoms with van der Waals surface area (Å²) in [5, 5.41) is 0. The predicted octanol–water partition coefficient (Wildman–Crippen LogP) is 0.940. The Morgan fingerprint density at radius 1 is 1.29 bits per heavy atom. The van der Waals surface area contributed by atoms with E-state index < -0.39 is 38.4 Å². The van der Waals surface area contributed by atoms with Gasteiger partial charge in [0.1, 0.15) is 0 Å². The molecule has 1 aliphatic heterocycles. The molecule has 2 aromatic rings. The van der Waals surface area contributed by atoms with E-state index in [4.69, 9.17) is 9.62 Å². The van der Waals surface area contributed by atoms with E-state index in [9.17, 15) is 9.59 Å². The molecular formula is C15H15IN2O5Te. The Labute approximate surface area is 162 Å². The summed E-state index contributed by atoms with van der Waals surface area (Å²) < 4.78 is 13.6.